The summed E-state index contributed by atoms with van der Waals surface area (Å²) in [7, 11) is 0. The Kier molecular flexibility index (Phi) is 1.61. The van der Waals surface area contributed by atoms with Crippen LogP contribution in [0.1, 0.15) is 13.8 Å². The topological polar surface area (TPSA) is 49.4 Å². The molecule has 0 aromatic heterocycles. The number of rotatable bonds is 1. The Labute approximate surface area is 59.2 Å². The molecule has 1 aliphatic rings. The molecule has 1 heterocycles. The van der Waals surface area contributed by atoms with Crippen LogP contribution in [0.15, 0.2) is 0 Å². The molecule has 56 valence electrons. The molecule has 1 saturated heterocycles. The Morgan fingerprint density at radius 2 is 2.20 bits per heavy atom. The molecule has 1 rings (SSSR count). The van der Waals surface area contributed by atoms with Crippen molar-refractivity contribution in [1.82, 2.24) is 10.2 Å². The normalized spacial score (nSPS) is 25.4. The number of amides is 3. The SMILES string of the molecule is CCN1C(=O)NC(=O)[C@H]1C. The zero-order valence-electron chi connectivity index (χ0n) is 6.05. The first-order valence-corrected chi connectivity index (χ1v) is 3.28. The summed E-state index contributed by atoms with van der Waals surface area (Å²) in [4.78, 5) is 23.1. The van der Waals surface area contributed by atoms with Gasteiger partial charge in [0.05, 0.1) is 0 Å². The zero-order chi connectivity index (χ0) is 7.72. The Morgan fingerprint density at radius 3 is 2.40 bits per heavy atom. The van der Waals surface area contributed by atoms with Gasteiger partial charge in [-0.25, -0.2) is 4.79 Å². The molecule has 1 aliphatic heterocycles. The van der Waals surface area contributed by atoms with Gasteiger partial charge in [0, 0.05) is 6.54 Å². The standard InChI is InChI=1S/C6H10N2O2/c1-3-8-4(2)5(9)7-6(8)10/h4H,3H2,1-2H3,(H,7,9,10)/t4-/m1/s1. The zero-order valence-corrected chi connectivity index (χ0v) is 6.05. The quantitative estimate of drug-likeness (QED) is 0.522. The lowest BCUT2D eigenvalue weighted by atomic mass is 10.3. The maximum absolute atomic E-state index is 10.8. The maximum atomic E-state index is 10.8. The van der Waals surface area contributed by atoms with Crippen LogP contribution in [0.3, 0.4) is 0 Å². The van der Waals surface area contributed by atoms with Crippen LogP contribution in [-0.2, 0) is 4.79 Å². The summed E-state index contributed by atoms with van der Waals surface area (Å²) in [5.41, 5.74) is 0. The van der Waals surface area contributed by atoms with Gasteiger partial charge in [-0.15, -0.1) is 0 Å². The summed E-state index contributed by atoms with van der Waals surface area (Å²) < 4.78 is 0. The summed E-state index contributed by atoms with van der Waals surface area (Å²) in [5.74, 6) is -0.202. The Hall–Kier alpha value is -1.06. The average molecular weight is 142 g/mol. The number of imide groups is 1. The van der Waals surface area contributed by atoms with Crippen molar-refractivity contribution >= 4 is 11.9 Å². The van der Waals surface area contributed by atoms with Crippen LogP contribution in [0.5, 0.6) is 0 Å². The first kappa shape index (κ1) is 7.05. The highest BCUT2D eigenvalue weighted by Crippen LogP contribution is 2.05. The second-order valence-electron chi connectivity index (χ2n) is 2.26. The molecule has 1 atom stereocenters. The van der Waals surface area contributed by atoms with Crippen molar-refractivity contribution in [1.29, 1.82) is 0 Å². The van der Waals surface area contributed by atoms with E-state index in [2.05, 4.69) is 5.32 Å². The van der Waals surface area contributed by atoms with Crippen LogP contribution < -0.4 is 5.32 Å². The van der Waals surface area contributed by atoms with Crippen LogP contribution >= 0.6 is 0 Å². The van der Waals surface area contributed by atoms with E-state index >= 15 is 0 Å². The summed E-state index contributed by atoms with van der Waals surface area (Å²) >= 11 is 0. The summed E-state index contributed by atoms with van der Waals surface area (Å²) in [6.07, 6.45) is 0. The molecular formula is C6H10N2O2. The smallest absolute Gasteiger partial charge is 0.313 e. The van der Waals surface area contributed by atoms with E-state index in [0.717, 1.165) is 0 Å². The van der Waals surface area contributed by atoms with E-state index in [1.54, 1.807) is 6.92 Å². The molecule has 0 spiro atoms. The van der Waals surface area contributed by atoms with E-state index in [0.29, 0.717) is 6.54 Å². The molecule has 1 fully saturated rings. The van der Waals surface area contributed by atoms with Gasteiger partial charge in [0.25, 0.3) is 5.91 Å². The highest BCUT2D eigenvalue weighted by atomic mass is 16.2. The molecule has 0 aliphatic carbocycles. The minimum atomic E-state index is -0.294. The van der Waals surface area contributed by atoms with Crippen molar-refractivity contribution in [3.8, 4) is 0 Å². The minimum absolute atomic E-state index is 0.202. The third kappa shape index (κ3) is 0.853. The van der Waals surface area contributed by atoms with E-state index in [4.69, 9.17) is 0 Å². The highest BCUT2D eigenvalue weighted by molar-refractivity contribution is 6.03. The molecule has 0 unspecified atom stereocenters. The summed E-state index contributed by atoms with van der Waals surface area (Å²) in [6, 6.07) is -0.572. The molecule has 1 N–H and O–H groups in total. The van der Waals surface area contributed by atoms with Crippen LogP contribution in [0.25, 0.3) is 0 Å². The van der Waals surface area contributed by atoms with Gasteiger partial charge in [-0.1, -0.05) is 0 Å². The molecule has 0 bridgehead atoms. The average Bonchev–Trinajstić information content (AvgIpc) is 2.09. The van der Waals surface area contributed by atoms with Gasteiger partial charge < -0.3 is 4.90 Å². The fourth-order valence-corrected chi connectivity index (χ4v) is 1.02. The number of carbonyl (C=O) groups is 2. The number of carbonyl (C=O) groups excluding carboxylic acids is 2. The van der Waals surface area contributed by atoms with Crippen LogP contribution in [-0.4, -0.2) is 29.4 Å². The van der Waals surface area contributed by atoms with Gasteiger partial charge in [-0.05, 0) is 13.8 Å². The van der Waals surface area contributed by atoms with Gasteiger partial charge in [0.15, 0.2) is 0 Å². The fraction of sp³-hybridized carbons (Fsp3) is 0.667. The van der Waals surface area contributed by atoms with Gasteiger partial charge in [0.1, 0.15) is 6.04 Å². The van der Waals surface area contributed by atoms with Gasteiger partial charge in [0.2, 0.25) is 0 Å². The number of hydrogen-bond donors (Lipinski definition) is 1. The molecule has 0 aromatic rings. The second kappa shape index (κ2) is 2.28. The molecule has 0 aromatic carbocycles. The fourth-order valence-electron chi connectivity index (χ4n) is 1.02. The van der Waals surface area contributed by atoms with Crippen LogP contribution in [0.2, 0.25) is 0 Å². The van der Waals surface area contributed by atoms with E-state index < -0.39 is 0 Å². The second-order valence-corrected chi connectivity index (χ2v) is 2.26. The number of nitrogens with one attached hydrogen (secondary N) is 1. The lowest BCUT2D eigenvalue weighted by Gasteiger charge is -2.14. The minimum Gasteiger partial charge on any atom is -0.313 e. The molecule has 4 heteroatoms. The summed E-state index contributed by atoms with van der Waals surface area (Å²) in [6.45, 7) is 4.14. The first-order valence-electron chi connectivity index (χ1n) is 3.28. The predicted molar refractivity (Wildman–Crippen MR) is 35.4 cm³/mol. The van der Waals surface area contributed by atoms with E-state index in [9.17, 15) is 9.59 Å². The van der Waals surface area contributed by atoms with Crippen molar-refractivity contribution in [2.24, 2.45) is 0 Å². The van der Waals surface area contributed by atoms with Crippen molar-refractivity contribution in [2.75, 3.05) is 6.54 Å². The first-order chi connectivity index (χ1) is 4.66. The van der Waals surface area contributed by atoms with Crippen molar-refractivity contribution in [3.63, 3.8) is 0 Å². The molecule has 4 nitrogen and oxygen atoms in total. The lowest BCUT2D eigenvalue weighted by Crippen LogP contribution is -2.32. The molecule has 0 saturated carbocycles. The Balaban J connectivity index is 2.73. The van der Waals surface area contributed by atoms with Crippen LogP contribution in [0, 0.1) is 0 Å². The van der Waals surface area contributed by atoms with Crippen molar-refractivity contribution in [2.45, 2.75) is 19.9 Å². The van der Waals surface area contributed by atoms with Crippen molar-refractivity contribution in [3.05, 3.63) is 0 Å². The molecule has 3 amide bonds. The lowest BCUT2D eigenvalue weighted by molar-refractivity contribution is -0.120. The highest BCUT2D eigenvalue weighted by Gasteiger charge is 2.33. The number of nitrogens with zero attached hydrogens (tertiary/aromatic N) is 1. The monoisotopic (exact) mass is 142 g/mol. The van der Waals surface area contributed by atoms with E-state index in [1.807, 2.05) is 6.92 Å². The third-order valence-corrected chi connectivity index (χ3v) is 1.68. The van der Waals surface area contributed by atoms with Gasteiger partial charge in [-0.2, -0.15) is 0 Å². The maximum Gasteiger partial charge on any atom is 0.324 e. The van der Waals surface area contributed by atoms with E-state index in [1.165, 1.54) is 4.90 Å². The van der Waals surface area contributed by atoms with Gasteiger partial charge >= 0.3 is 6.03 Å². The predicted octanol–water partition coefficient (Wildman–Crippen LogP) is -0.0534. The summed E-state index contributed by atoms with van der Waals surface area (Å²) in [5, 5.41) is 2.22. The number of urea groups is 1. The van der Waals surface area contributed by atoms with Crippen molar-refractivity contribution < 1.29 is 9.59 Å². The van der Waals surface area contributed by atoms with Gasteiger partial charge in [-0.3, -0.25) is 10.1 Å². The number of hydrogen-bond acceptors (Lipinski definition) is 2. The number of likely N-dealkylation sites (N-methyl/N-ethyl adjacent to an activating group) is 1. The molecule has 10 heavy (non-hydrogen) atoms. The Bertz CT molecular complexity index is 179. The van der Waals surface area contributed by atoms with E-state index in [-0.39, 0.29) is 18.0 Å². The molecular weight excluding hydrogens is 132 g/mol. The van der Waals surface area contributed by atoms with Crippen LogP contribution in [0.4, 0.5) is 4.79 Å². The largest absolute Gasteiger partial charge is 0.324 e. The molecule has 0 radical (unpaired) electrons. The Morgan fingerprint density at radius 1 is 1.60 bits per heavy atom. The third-order valence-electron chi connectivity index (χ3n) is 1.68.